The molecule has 1 amide bonds. The minimum Gasteiger partial charge on any atom is -0.339 e. The van der Waals surface area contributed by atoms with Crippen LogP contribution in [0.25, 0.3) is 11.4 Å². The third-order valence-corrected chi connectivity index (χ3v) is 2.87. The van der Waals surface area contributed by atoms with Crippen LogP contribution in [0, 0.1) is 12.8 Å². The molecule has 1 heterocycles. The van der Waals surface area contributed by atoms with Crippen LogP contribution in [0.15, 0.2) is 28.8 Å². The van der Waals surface area contributed by atoms with Crippen molar-refractivity contribution in [2.45, 2.75) is 13.8 Å². The first-order valence-electron chi connectivity index (χ1n) is 6.46. The molecule has 1 aromatic heterocycles. The maximum Gasteiger partial charge on any atom is 0.228 e. The van der Waals surface area contributed by atoms with E-state index in [-0.39, 0.29) is 11.8 Å². The van der Waals surface area contributed by atoms with Gasteiger partial charge in [-0.1, -0.05) is 24.2 Å². The Bertz CT molecular complexity index is 594. The summed E-state index contributed by atoms with van der Waals surface area (Å²) >= 11 is 0. The molecule has 0 fully saturated rings. The van der Waals surface area contributed by atoms with Gasteiger partial charge in [0.15, 0.2) is 0 Å². The van der Waals surface area contributed by atoms with Crippen molar-refractivity contribution in [2.75, 3.05) is 18.9 Å². The van der Waals surface area contributed by atoms with Gasteiger partial charge in [0.2, 0.25) is 17.6 Å². The molecule has 0 radical (unpaired) electrons. The largest absolute Gasteiger partial charge is 0.339 e. The lowest BCUT2D eigenvalue weighted by Gasteiger charge is -2.11. The zero-order valence-corrected chi connectivity index (χ0v) is 11.8. The van der Waals surface area contributed by atoms with Crippen molar-refractivity contribution in [2.24, 2.45) is 5.92 Å². The highest BCUT2D eigenvalue weighted by Gasteiger charge is 2.13. The summed E-state index contributed by atoms with van der Waals surface area (Å²) in [7, 11) is 1.82. The summed E-state index contributed by atoms with van der Waals surface area (Å²) in [6.07, 6.45) is 0. The average Bonchev–Trinajstić information content (AvgIpc) is 2.86. The number of benzene rings is 1. The molecule has 0 aliphatic heterocycles. The maximum atomic E-state index is 12.0. The fourth-order valence-electron chi connectivity index (χ4n) is 1.82. The van der Waals surface area contributed by atoms with Crippen LogP contribution in [0.5, 0.6) is 0 Å². The van der Waals surface area contributed by atoms with Gasteiger partial charge in [0, 0.05) is 30.6 Å². The number of amides is 1. The predicted molar refractivity (Wildman–Crippen MR) is 76.2 cm³/mol. The van der Waals surface area contributed by atoms with Crippen LogP contribution < -0.4 is 10.6 Å². The highest BCUT2D eigenvalue weighted by molar-refractivity contribution is 5.93. The second-order valence-corrected chi connectivity index (χ2v) is 4.67. The highest BCUT2D eigenvalue weighted by atomic mass is 16.5. The van der Waals surface area contributed by atoms with Gasteiger partial charge in [-0.3, -0.25) is 4.79 Å². The van der Waals surface area contributed by atoms with Crippen molar-refractivity contribution < 1.29 is 9.32 Å². The van der Waals surface area contributed by atoms with Crippen molar-refractivity contribution in [3.8, 4) is 11.4 Å². The van der Waals surface area contributed by atoms with Crippen LogP contribution in [0.4, 0.5) is 5.69 Å². The van der Waals surface area contributed by atoms with Gasteiger partial charge in [-0.2, -0.15) is 4.98 Å². The van der Waals surface area contributed by atoms with Gasteiger partial charge < -0.3 is 15.2 Å². The van der Waals surface area contributed by atoms with E-state index in [0.29, 0.717) is 18.3 Å². The number of aromatic nitrogens is 2. The molecule has 0 spiro atoms. The molecule has 0 saturated carbocycles. The Hall–Kier alpha value is -2.21. The van der Waals surface area contributed by atoms with Crippen LogP contribution in [0.2, 0.25) is 0 Å². The van der Waals surface area contributed by atoms with E-state index in [1.54, 1.807) is 6.92 Å². The quantitative estimate of drug-likeness (QED) is 0.869. The van der Waals surface area contributed by atoms with E-state index in [0.717, 1.165) is 11.3 Å². The Balaban J connectivity index is 2.12. The number of nitrogens with zero attached hydrogens (tertiary/aromatic N) is 2. The Kier molecular flexibility index (Phi) is 4.47. The van der Waals surface area contributed by atoms with Crippen LogP contribution in [-0.2, 0) is 4.79 Å². The Morgan fingerprint density at radius 2 is 2.25 bits per heavy atom. The van der Waals surface area contributed by atoms with Gasteiger partial charge in [-0.05, 0) is 19.2 Å². The van der Waals surface area contributed by atoms with Gasteiger partial charge in [-0.15, -0.1) is 0 Å². The first-order chi connectivity index (χ1) is 9.60. The fraction of sp³-hybridized carbons (Fsp3) is 0.357. The predicted octanol–water partition coefficient (Wildman–Crippen LogP) is 1.84. The van der Waals surface area contributed by atoms with Gasteiger partial charge in [0.05, 0.1) is 0 Å². The third kappa shape index (κ3) is 3.42. The molecule has 0 saturated heterocycles. The number of anilines is 1. The molecule has 2 aromatic rings. The molecular formula is C14H18N4O2. The average molecular weight is 274 g/mol. The smallest absolute Gasteiger partial charge is 0.228 e. The number of rotatable bonds is 5. The van der Waals surface area contributed by atoms with E-state index in [1.807, 2.05) is 38.2 Å². The van der Waals surface area contributed by atoms with E-state index in [9.17, 15) is 4.79 Å². The van der Waals surface area contributed by atoms with Crippen molar-refractivity contribution in [1.82, 2.24) is 15.5 Å². The molecular weight excluding hydrogens is 256 g/mol. The molecule has 0 bridgehead atoms. The number of aryl methyl sites for hydroxylation is 1. The summed E-state index contributed by atoms with van der Waals surface area (Å²) in [6, 6.07) is 7.38. The van der Waals surface area contributed by atoms with Gasteiger partial charge >= 0.3 is 0 Å². The minimum atomic E-state index is -0.101. The van der Waals surface area contributed by atoms with Crippen molar-refractivity contribution in [3.63, 3.8) is 0 Å². The number of hydrogen-bond donors (Lipinski definition) is 2. The molecule has 1 unspecified atom stereocenters. The SMILES string of the molecule is CNCC(C)C(=O)Nc1cccc(-c2noc(C)n2)c1. The molecule has 1 aromatic carbocycles. The van der Waals surface area contributed by atoms with E-state index in [1.165, 1.54) is 0 Å². The number of carbonyl (C=O) groups excluding carboxylic acids is 1. The molecule has 0 aliphatic rings. The summed E-state index contributed by atoms with van der Waals surface area (Å²) in [5.41, 5.74) is 1.53. The molecule has 106 valence electrons. The summed E-state index contributed by atoms with van der Waals surface area (Å²) in [5, 5.41) is 9.72. The van der Waals surface area contributed by atoms with Crippen LogP contribution in [-0.4, -0.2) is 29.6 Å². The Morgan fingerprint density at radius 1 is 1.45 bits per heavy atom. The van der Waals surface area contributed by atoms with Crippen LogP contribution >= 0.6 is 0 Å². The highest BCUT2D eigenvalue weighted by Crippen LogP contribution is 2.20. The first-order valence-corrected chi connectivity index (χ1v) is 6.46. The topological polar surface area (TPSA) is 80.0 Å². The molecule has 1 atom stereocenters. The monoisotopic (exact) mass is 274 g/mol. The van der Waals surface area contributed by atoms with Crippen molar-refractivity contribution in [1.29, 1.82) is 0 Å². The molecule has 6 nitrogen and oxygen atoms in total. The summed E-state index contributed by atoms with van der Waals surface area (Å²) in [5.74, 6) is 0.899. The van der Waals surface area contributed by atoms with Crippen molar-refractivity contribution >= 4 is 11.6 Å². The number of hydrogen-bond acceptors (Lipinski definition) is 5. The molecule has 2 N–H and O–H groups in total. The minimum absolute atomic E-state index is 0.0270. The Morgan fingerprint density at radius 3 is 2.90 bits per heavy atom. The Labute approximate surface area is 117 Å². The second-order valence-electron chi connectivity index (χ2n) is 4.67. The van der Waals surface area contributed by atoms with Crippen molar-refractivity contribution in [3.05, 3.63) is 30.2 Å². The lowest BCUT2D eigenvalue weighted by atomic mass is 10.1. The lowest BCUT2D eigenvalue weighted by Crippen LogP contribution is -2.28. The van der Waals surface area contributed by atoms with E-state index in [2.05, 4.69) is 20.8 Å². The number of carbonyl (C=O) groups is 1. The van der Waals surface area contributed by atoms with E-state index < -0.39 is 0 Å². The van der Waals surface area contributed by atoms with Crippen LogP contribution in [0.1, 0.15) is 12.8 Å². The molecule has 0 aliphatic carbocycles. The standard InChI is InChI=1S/C14H18N4O2/c1-9(8-15-3)14(19)17-12-6-4-5-11(7-12)13-16-10(2)20-18-13/h4-7,9,15H,8H2,1-3H3,(H,17,19). The van der Waals surface area contributed by atoms with Gasteiger partial charge in [0.1, 0.15) is 0 Å². The maximum absolute atomic E-state index is 12.0. The summed E-state index contributed by atoms with van der Waals surface area (Å²) in [6.45, 7) is 4.25. The van der Waals surface area contributed by atoms with Gasteiger partial charge in [-0.25, -0.2) is 0 Å². The molecule has 6 heteroatoms. The zero-order chi connectivity index (χ0) is 14.5. The summed E-state index contributed by atoms with van der Waals surface area (Å²) in [4.78, 5) is 16.1. The fourth-order valence-corrected chi connectivity index (χ4v) is 1.82. The van der Waals surface area contributed by atoms with Crippen LogP contribution in [0.3, 0.4) is 0 Å². The summed E-state index contributed by atoms with van der Waals surface area (Å²) < 4.78 is 4.95. The van der Waals surface area contributed by atoms with E-state index >= 15 is 0 Å². The first kappa shape index (κ1) is 14.2. The number of nitrogens with one attached hydrogen (secondary N) is 2. The van der Waals surface area contributed by atoms with Gasteiger partial charge in [0.25, 0.3) is 0 Å². The molecule has 20 heavy (non-hydrogen) atoms. The lowest BCUT2D eigenvalue weighted by molar-refractivity contribution is -0.119. The third-order valence-electron chi connectivity index (χ3n) is 2.87. The second kappa shape index (κ2) is 6.29. The normalized spacial score (nSPS) is 12.2. The molecule has 2 rings (SSSR count). The van der Waals surface area contributed by atoms with E-state index in [4.69, 9.17) is 4.52 Å². The zero-order valence-electron chi connectivity index (χ0n) is 11.8.